The average molecular weight is 199 g/mol. The van der Waals surface area contributed by atoms with Crippen LogP contribution in [-0.4, -0.2) is 21.0 Å². The molecule has 5 nitrogen and oxygen atoms in total. The second-order valence-electron chi connectivity index (χ2n) is 3.01. The summed E-state index contributed by atoms with van der Waals surface area (Å²) in [6.07, 6.45) is 0.790. The minimum Gasteiger partial charge on any atom is -0.479 e. The highest BCUT2D eigenvalue weighted by Crippen LogP contribution is 2.12. The quantitative estimate of drug-likeness (QED) is 0.742. The van der Waals surface area contributed by atoms with E-state index in [4.69, 9.17) is 5.11 Å². The van der Waals surface area contributed by atoms with Gasteiger partial charge in [0.05, 0.1) is 6.20 Å². The summed E-state index contributed by atoms with van der Waals surface area (Å²) in [5.74, 6) is -1.75. The number of hydrogen-bond acceptors (Lipinski definition) is 4. The van der Waals surface area contributed by atoms with Crippen molar-refractivity contribution in [1.29, 1.82) is 0 Å². The number of halogens is 1. The lowest BCUT2D eigenvalue weighted by molar-refractivity contribution is -0.118. The van der Waals surface area contributed by atoms with Gasteiger partial charge in [-0.05, 0) is 0 Å². The van der Waals surface area contributed by atoms with Crippen LogP contribution in [0.25, 0.3) is 0 Å². The number of anilines is 1. The second-order valence-corrected chi connectivity index (χ2v) is 3.01. The van der Waals surface area contributed by atoms with Gasteiger partial charge < -0.3 is 10.4 Å². The van der Waals surface area contributed by atoms with E-state index in [-0.39, 0.29) is 17.6 Å². The minimum atomic E-state index is -0.781. The molecule has 0 aromatic carbocycles. The van der Waals surface area contributed by atoms with Gasteiger partial charge in [-0.1, -0.05) is 13.8 Å². The van der Waals surface area contributed by atoms with E-state index in [0.717, 1.165) is 6.20 Å². The molecule has 0 radical (unpaired) electrons. The van der Waals surface area contributed by atoms with Crippen molar-refractivity contribution >= 4 is 11.7 Å². The first kappa shape index (κ1) is 10.4. The molecule has 1 amide bonds. The third-order valence-electron chi connectivity index (χ3n) is 1.50. The SMILES string of the molecule is CC(C)C(=O)Nc1nc(O)ncc1F. The van der Waals surface area contributed by atoms with E-state index >= 15 is 0 Å². The third kappa shape index (κ3) is 2.38. The van der Waals surface area contributed by atoms with Crippen LogP contribution in [-0.2, 0) is 4.79 Å². The van der Waals surface area contributed by atoms with Crippen molar-refractivity contribution < 1.29 is 14.3 Å². The molecule has 0 fully saturated rings. The van der Waals surface area contributed by atoms with Crippen LogP contribution in [0, 0.1) is 11.7 Å². The number of aromatic nitrogens is 2. The molecule has 0 saturated carbocycles. The van der Waals surface area contributed by atoms with E-state index in [2.05, 4.69) is 15.3 Å². The number of carbonyl (C=O) groups is 1. The zero-order valence-corrected chi connectivity index (χ0v) is 7.78. The number of aromatic hydroxyl groups is 1. The Kier molecular flexibility index (Phi) is 2.95. The third-order valence-corrected chi connectivity index (χ3v) is 1.50. The molecule has 1 aromatic rings. The number of carbonyl (C=O) groups excluding carboxylic acids is 1. The molecular formula is C8H10FN3O2. The van der Waals surface area contributed by atoms with E-state index < -0.39 is 11.8 Å². The summed E-state index contributed by atoms with van der Waals surface area (Å²) < 4.78 is 12.9. The fraction of sp³-hybridized carbons (Fsp3) is 0.375. The van der Waals surface area contributed by atoms with Crippen molar-refractivity contribution in [3.63, 3.8) is 0 Å². The average Bonchev–Trinajstić information content (AvgIpc) is 2.11. The van der Waals surface area contributed by atoms with Crippen molar-refractivity contribution in [2.75, 3.05) is 5.32 Å². The molecule has 1 aromatic heterocycles. The van der Waals surface area contributed by atoms with Crippen molar-refractivity contribution in [1.82, 2.24) is 9.97 Å². The Morgan fingerprint density at radius 1 is 1.64 bits per heavy atom. The molecule has 0 aliphatic heterocycles. The van der Waals surface area contributed by atoms with Crippen LogP contribution in [0.15, 0.2) is 6.20 Å². The molecule has 0 aliphatic carbocycles. The Morgan fingerprint density at radius 3 is 2.86 bits per heavy atom. The molecule has 76 valence electrons. The van der Waals surface area contributed by atoms with Crippen LogP contribution >= 0.6 is 0 Å². The Balaban J connectivity index is 2.86. The lowest BCUT2D eigenvalue weighted by atomic mass is 10.2. The molecule has 0 saturated heterocycles. The van der Waals surface area contributed by atoms with E-state index in [9.17, 15) is 9.18 Å². The molecule has 14 heavy (non-hydrogen) atoms. The van der Waals surface area contributed by atoms with Crippen LogP contribution < -0.4 is 5.32 Å². The zero-order chi connectivity index (χ0) is 10.7. The first-order valence-electron chi connectivity index (χ1n) is 4.03. The summed E-state index contributed by atoms with van der Waals surface area (Å²) in [5, 5.41) is 11.1. The van der Waals surface area contributed by atoms with E-state index in [0.29, 0.717) is 0 Å². The van der Waals surface area contributed by atoms with Crippen molar-refractivity contribution in [3.8, 4) is 6.01 Å². The normalized spacial score (nSPS) is 10.3. The Hall–Kier alpha value is -1.72. The van der Waals surface area contributed by atoms with Crippen LogP contribution in [0.5, 0.6) is 6.01 Å². The Morgan fingerprint density at radius 2 is 2.29 bits per heavy atom. The molecule has 1 heterocycles. The van der Waals surface area contributed by atoms with Gasteiger partial charge in [0.1, 0.15) is 0 Å². The lowest BCUT2D eigenvalue weighted by Crippen LogP contribution is -2.19. The van der Waals surface area contributed by atoms with Crippen LogP contribution in [0.1, 0.15) is 13.8 Å². The van der Waals surface area contributed by atoms with Crippen molar-refractivity contribution in [3.05, 3.63) is 12.0 Å². The highest BCUT2D eigenvalue weighted by Gasteiger charge is 2.12. The Bertz CT molecular complexity index is 354. The van der Waals surface area contributed by atoms with Gasteiger partial charge in [-0.15, -0.1) is 0 Å². The largest absolute Gasteiger partial charge is 0.479 e. The monoisotopic (exact) mass is 199 g/mol. The number of nitrogens with one attached hydrogen (secondary N) is 1. The van der Waals surface area contributed by atoms with Gasteiger partial charge >= 0.3 is 6.01 Å². The summed E-state index contributed by atoms with van der Waals surface area (Å²) in [5.41, 5.74) is 0. The molecule has 0 spiro atoms. The number of rotatable bonds is 2. The predicted octanol–water partition coefficient (Wildman–Crippen LogP) is 0.916. The minimum absolute atomic E-state index is 0.286. The fourth-order valence-corrected chi connectivity index (χ4v) is 0.707. The second kappa shape index (κ2) is 3.99. The topological polar surface area (TPSA) is 75.1 Å². The number of amides is 1. The first-order chi connectivity index (χ1) is 6.50. The molecule has 0 aliphatic rings. The summed E-state index contributed by atoms with van der Waals surface area (Å²) >= 11 is 0. The van der Waals surface area contributed by atoms with Crippen LogP contribution in [0.4, 0.5) is 10.2 Å². The van der Waals surface area contributed by atoms with E-state index in [1.807, 2.05) is 0 Å². The number of nitrogens with zero attached hydrogens (tertiary/aromatic N) is 2. The summed E-state index contributed by atoms with van der Waals surface area (Å²) in [6.45, 7) is 3.32. The highest BCUT2D eigenvalue weighted by atomic mass is 19.1. The Labute approximate surface area is 80.0 Å². The van der Waals surface area contributed by atoms with Gasteiger partial charge in [-0.2, -0.15) is 4.98 Å². The molecule has 1 rings (SSSR count). The fourth-order valence-electron chi connectivity index (χ4n) is 0.707. The van der Waals surface area contributed by atoms with Gasteiger partial charge in [0.25, 0.3) is 0 Å². The summed E-state index contributed by atoms with van der Waals surface area (Å²) in [7, 11) is 0. The maximum Gasteiger partial charge on any atom is 0.316 e. The molecule has 0 unspecified atom stereocenters. The molecular weight excluding hydrogens is 189 g/mol. The predicted molar refractivity (Wildman–Crippen MR) is 47.1 cm³/mol. The molecule has 6 heteroatoms. The molecule has 0 bridgehead atoms. The molecule has 0 atom stereocenters. The van der Waals surface area contributed by atoms with Gasteiger partial charge in [-0.3, -0.25) is 4.79 Å². The van der Waals surface area contributed by atoms with Crippen molar-refractivity contribution in [2.24, 2.45) is 5.92 Å². The van der Waals surface area contributed by atoms with Gasteiger partial charge in [0.2, 0.25) is 5.91 Å². The van der Waals surface area contributed by atoms with E-state index in [1.165, 1.54) is 0 Å². The molecule has 2 N–H and O–H groups in total. The zero-order valence-electron chi connectivity index (χ0n) is 7.78. The van der Waals surface area contributed by atoms with Crippen LogP contribution in [0.2, 0.25) is 0 Å². The van der Waals surface area contributed by atoms with Gasteiger partial charge in [0.15, 0.2) is 11.6 Å². The maximum absolute atomic E-state index is 12.9. The number of hydrogen-bond donors (Lipinski definition) is 2. The van der Waals surface area contributed by atoms with Crippen molar-refractivity contribution in [2.45, 2.75) is 13.8 Å². The van der Waals surface area contributed by atoms with Gasteiger partial charge in [-0.25, -0.2) is 9.37 Å². The van der Waals surface area contributed by atoms with Gasteiger partial charge in [0, 0.05) is 5.92 Å². The summed E-state index contributed by atoms with van der Waals surface area (Å²) in [4.78, 5) is 17.7. The summed E-state index contributed by atoms with van der Waals surface area (Å²) in [6, 6.07) is -0.578. The highest BCUT2D eigenvalue weighted by molar-refractivity contribution is 5.91. The van der Waals surface area contributed by atoms with Crippen LogP contribution in [0.3, 0.4) is 0 Å². The smallest absolute Gasteiger partial charge is 0.316 e. The van der Waals surface area contributed by atoms with E-state index in [1.54, 1.807) is 13.8 Å². The first-order valence-corrected chi connectivity index (χ1v) is 4.03. The maximum atomic E-state index is 12.9. The lowest BCUT2D eigenvalue weighted by Gasteiger charge is -2.06. The standard InChI is InChI=1S/C8H10FN3O2/c1-4(2)7(13)11-6-5(9)3-10-8(14)12-6/h3-4H,1-2H3,(H2,10,11,12,13,14).